The third kappa shape index (κ3) is 3.91. The summed E-state index contributed by atoms with van der Waals surface area (Å²) in [6.45, 7) is 1.61. The van der Waals surface area contributed by atoms with Crippen molar-refractivity contribution < 1.29 is 4.74 Å². The lowest BCUT2D eigenvalue weighted by Gasteiger charge is -2.25. The average Bonchev–Trinajstić information content (AvgIpc) is 2.41. The zero-order valence-electron chi connectivity index (χ0n) is 10.3. The Hall–Kier alpha value is -1.26. The minimum absolute atomic E-state index is 0.514. The number of terminal acetylenes is 1. The van der Waals surface area contributed by atoms with Crippen LogP contribution in [0.5, 0.6) is 0 Å². The normalized spacial score (nSPS) is 24.2. The number of benzene rings is 1. The van der Waals surface area contributed by atoms with Gasteiger partial charge in [-0.05, 0) is 37.2 Å². The molecule has 90 valence electrons. The highest BCUT2D eigenvalue weighted by Crippen LogP contribution is 2.28. The maximum Gasteiger partial charge on any atom is 0.0717 e. The molecule has 1 aromatic carbocycles. The Bertz CT molecular complexity index is 355. The van der Waals surface area contributed by atoms with Crippen molar-refractivity contribution in [2.75, 3.05) is 6.61 Å². The second-order valence-corrected chi connectivity index (χ2v) is 4.89. The first-order valence-corrected chi connectivity index (χ1v) is 6.46. The van der Waals surface area contributed by atoms with E-state index in [9.17, 15) is 0 Å². The molecule has 0 spiro atoms. The molecular weight excluding hydrogens is 208 g/mol. The minimum atomic E-state index is 0.514. The second-order valence-electron chi connectivity index (χ2n) is 4.89. The van der Waals surface area contributed by atoms with Gasteiger partial charge in [-0.25, -0.2) is 0 Å². The monoisotopic (exact) mass is 228 g/mol. The molecule has 1 fully saturated rings. The third-order valence-corrected chi connectivity index (χ3v) is 3.55. The highest BCUT2D eigenvalue weighted by Gasteiger charge is 2.19. The molecule has 2 rings (SSSR count). The van der Waals surface area contributed by atoms with Crippen LogP contribution in [0.25, 0.3) is 0 Å². The van der Waals surface area contributed by atoms with Gasteiger partial charge in [-0.3, -0.25) is 0 Å². The zero-order valence-corrected chi connectivity index (χ0v) is 10.3. The van der Waals surface area contributed by atoms with Gasteiger partial charge < -0.3 is 4.74 Å². The SMILES string of the molecule is C#CC1CCC(COCc2ccccc2)CC1. The van der Waals surface area contributed by atoms with Gasteiger partial charge in [-0.1, -0.05) is 30.3 Å². The topological polar surface area (TPSA) is 9.23 Å². The van der Waals surface area contributed by atoms with Crippen LogP contribution in [-0.4, -0.2) is 6.61 Å². The molecule has 0 heterocycles. The molecule has 0 bridgehead atoms. The predicted octanol–water partition coefficient (Wildman–Crippen LogP) is 3.64. The summed E-state index contributed by atoms with van der Waals surface area (Å²) in [7, 11) is 0. The molecule has 1 aliphatic carbocycles. The summed E-state index contributed by atoms with van der Waals surface area (Å²) in [5.74, 6) is 4.09. The van der Waals surface area contributed by atoms with E-state index in [4.69, 9.17) is 11.2 Å². The van der Waals surface area contributed by atoms with E-state index in [1.54, 1.807) is 0 Å². The molecule has 1 aliphatic rings. The van der Waals surface area contributed by atoms with Crippen molar-refractivity contribution in [3.8, 4) is 12.3 Å². The first-order valence-electron chi connectivity index (χ1n) is 6.46. The Morgan fingerprint density at radius 3 is 2.47 bits per heavy atom. The van der Waals surface area contributed by atoms with E-state index in [0.717, 1.165) is 13.2 Å². The van der Waals surface area contributed by atoms with Gasteiger partial charge in [0, 0.05) is 12.5 Å². The molecule has 0 amide bonds. The highest BCUT2D eigenvalue weighted by atomic mass is 16.5. The van der Waals surface area contributed by atoms with Crippen molar-refractivity contribution in [3.05, 3.63) is 35.9 Å². The van der Waals surface area contributed by atoms with E-state index in [0.29, 0.717) is 11.8 Å². The Morgan fingerprint density at radius 1 is 1.12 bits per heavy atom. The Labute approximate surface area is 104 Å². The summed E-state index contributed by atoms with van der Waals surface area (Å²) in [6.07, 6.45) is 10.2. The largest absolute Gasteiger partial charge is 0.376 e. The molecule has 1 heteroatoms. The molecule has 1 saturated carbocycles. The smallest absolute Gasteiger partial charge is 0.0717 e. The van der Waals surface area contributed by atoms with Crippen molar-refractivity contribution in [3.63, 3.8) is 0 Å². The molecule has 0 aromatic heterocycles. The van der Waals surface area contributed by atoms with Crippen molar-refractivity contribution in [1.29, 1.82) is 0 Å². The molecule has 0 unspecified atom stereocenters. The molecule has 0 radical (unpaired) electrons. The predicted molar refractivity (Wildman–Crippen MR) is 70.4 cm³/mol. The van der Waals surface area contributed by atoms with E-state index in [1.807, 2.05) is 6.07 Å². The van der Waals surface area contributed by atoms with Crippen LogP contribution in [0.2, 0.25) is 0 Å². The molecule has 1 nitrogen and oxygen atoms in total. The third-order valence-electron chi connectivity index (χ3n) is 3.55. The summed E-state index contributed by atoms with van der Waals surface area (Å²) in [6, 6.07) is 10.3. The quantitative estimate of drug-likeness (QED) is 0.715. The van der Waals surface area contributed by atoms with Crippen LogP contribution in [0.15, 0.2) is 30.3 Å². The maximum atomic E-state index is 5.78. The summed E-state index contributed by atoms with van der Waals surface area (Å²) in [5, 5.41) is 0. The zero-order chi connectivity index (χ0) is 11.9. The van der Waals surface area contributed by atoms with Gasteiger partial charge in [0.1, 0.15) is 0 Å². The van der Waals surface area contributed by atoms with Gasteiger partial charge in [0.15, 0.2) is 0 Å². The Balaban J connectivity index is 1.65. The van der Waals surface area contributed by atoms with Crippen LogP contribution in [0, 0.1) is 24.2 Å². The summed E-state index contributed by atoms with van der Waals surface area (Å²) in [5.41, 5.74) is 1.25. The van der Waals surface area contributed by atoms with Gasteiger partial charge in [0.25, 0.3) is 0 Å². The van der Waals surface area contributed by atoms with Crippen LogP contribution in [0.3, 0.4) is 0 Å². The van der Waals surface area contributed by atoms with E-state index in [-0.39, 0.29) is 0 Å². The summed E-state index contributed by atoms with van der Waals surface area (Å²) < 4.78 is 5.78. The lowest BCUT2D eigenvalue weighted by molar-refractivity contribution is 0.0705. The van der Waals surface area contributed by atoms with Gasteiger partial charge in [-0.15, -0.1) is 12.3 Å². The van der Waals surface area contributed by atoms with E-state index < -0.39 is 0 Å². The standard InChI is InChI=1S/C16H20O/c1-2-14-8-10-16(11-9-14)13-17-12-15-6-4-3-5-7-15/h1,3-7,14,16H,8-13H2. The molecule has 0 atom stereocenters. The molecule has 0 saturated heterocycles. The Kier molecular flexibility index (Phi) is 4.64. The van der Waals surface area contributed by atoms with Crippen LogP contribution in [0.4, 0.5) is 0 Å². The minimum Gasteiger partial charge on any atom is -0.376 e. The first kappa shape index (κ1) is 12.2. The number of hydrogen-bond donors (Lipinski definition) is 0. The van der Waals surface area contributed by atoms with Crippen LogP contribution in [0.1, 0.15) is 31.2 Å². The number of hydrogen-bond acceptors (Lipinski definition) is 1. The van der Waals surface area contributed by atoms with E-state index in [2.05, 4.69) is 30.2 Å². The summed E-state index contributed by atoms with van der Waals surface area (Å²) in [4.78, 5) is 0. The lowest BCUT2D eigenvalue weighted by atomic mass is 9.83. The van der Waals surface area contributed by atoms with Crippen molar-refractivity contribution in [2.24, 2.45) is 11.8 Å². The fourth-order valence-corrected chi connectivity index (χ4v) is 2.41. The molecule has 1 aromatic rings. The second kappa shape index (κ2) is 6.47. The first-order chi connectivity index (χ1) is 8.38. The van der Waals surface area contributed by atoms with Crippen LogP contribution in [-0.2, 0) is 11.3 Å². The average molecular weight is 228 g/mol. The van der Waals surface area contributed by atoms with Crippen molar-refractivity contribution in [1.82, 2.24) is 0 Å². The molecular formula is C16H20O. The molecule has 0 N–H and O–H groups in total. The van der Waals surface area contributed by atoms with E-state index in [1.165, 1.54) is 31.2 Å². The van der Waals surface area contributed by atoms with Crippen LogP contribution >= 0.6 is 0 Å². The summed E-state index contributed by atoms with van der Waals surface area (Å²) >= 11 is 0. The fraction of sp³-hybridized carbons (Fsp3) is 0.500. The highest BCUT2D eigenvalue weighted by molar-refractivity contribution is 5.13. The van der Waals surface area contributed by atoms with Crippen LogP contribution < -0.4 is 0 Å². The fourth-order valence-electron chi connectivity index (χ4n) is 2.41. The molecule has 0 aliphatic heterocycles. The lowest BCUT2D eigenvalue weighted by Crippen LogP contribution is -2.17. The van der Waals surface area contributed by atoms with Gasteiger partial charge >= 0.3 is 0 Å². The molecule has 17 heavy (non-hydrogen) atoms. The van der Waals surface area contributed by atoms with E-state index >= 15 is 0 Å². The van der Waals surface area contributed by atoms with Gasteiger partial charge in [-0.2, -0.15) is 0 Å². The number of rotatable bonds is 4. The maximum absolute atomic E-state index is 5.78. The van der Waals surface area contributed by atoms with Crippen molar-refractivity contribution in [2.45, 2.75) is 32.3 Å². The van der Waals surface area contributed by atoms with Gasteiger partial charge in [0.2, 0.25) is 0 Å². The Morgan fingerprint density at radius 2 is 1.82 bits per heavy atom. The number of ether oxygens (including phenoxy) is 1. The van der Waals surface area contributed by atoms with Gasteiger partial charge in [0.05, 0.1) is 6.61 Å². The van der Waals surface area contributed by atoms with Crippen molar-refractivity contribution >= 4 is 0 Å².